The number of rotatable bonds is 8. The summed E-state index contributed by atoms with van der Waals surface area (Å²) in [5.74, 6) is -0.472. The minimum absolute atomic E-state index is 0.0778. The Morgan fingerprint density at radius 2 is 1.86 bits per heavy atom. The Morgan fingerprint density at radius 3 is 2.39 bits per heavy atom. The van der Waals surface area contributed by atoms with Crippen LogP contribution >= 0.6 is 0 Å². The molecule has 0 spiro atoms. The third-order valence-corrected chi connectivity index (χ3v) is 5.39. The number of nitro groups is 1. The minimum Gasteiger partial charge on any atom is -0.350 e. The maximum atomic E-state index is 12.7. The van der Waals surface area contributed by atoms with Crippen LogP contribution in [0, 0.1) is 17.0 Å². The average molecular weight is 405 g/mol. The summed E-state index contributed by atoms with van der Waals surface area (Å²) in [5.41, 5.74) is 1.81. The van der Waals surface area contributed by atoms with E-state index in [9.17, 15) is 23.3 Å². The largest absolute Gasteiger partial charge is 0.350 e. The summed E-state index contributed by atoms with van der Waals surface area (Å²) in [6, 6.07) is 11.8. The van der Waals surface area contributed by atoms with Crippen LogP contribution in [0.15, 0.2) is 48.5 Å². The highest BCUT2D eigenvalue weighted by atomic mass is 32.2. The number of hydrogen-bond donors (Lipinski definition) is 1. The Balaban J connectivity index is 2.29. The molecule has 0 saturated heterocycles. The molecular weight excluding hydrogens is 382 g/mol. The van der Waals surface area contributed by atoms with Crippen LogP contribution in [0.5, 0.6) is 0 Å². The SMILES string of the molecule is CC[C@H](C(=O)NCc1ccc(C)cc1)N(c1cccc([N+](=O)[O-])c1)S(C)(=O)=O. The molecular formula is C19H23N3O5S. The smallest absolute Gasteiger partial charge is 0.271 e. The summed E-state index contributed by atoms with van der Waals surface area (Å²) in [4.78, 5) is 23.2. The number of non-ortho nitro benzene ring substituents is 1. The van der Waals surface area contributed by atoms with E-state index in [1.807, 2.05) is 31.2 Å². The number of benzene rings is 2. The number of carbonyl (C=O) groups is 1. The predicted octanol–water partition coefficient (Wildman–Crippen LogP) is 2.76. The molecule has 0 saturated carbocycles. The van der Waals surface area contributed by atoms with E-state index >= 15 is 0 Å². The monoisotopic (exact) mass is 405 g/mol. The summed E-state index contributed by atoms with van der Waals surface area (Å²) in [6.45, 7) is 3.90. The Morgan fingerprint density at radius 1 is 1.21 bits per heavy atom. The van der Waals surface area contributed by atoms with Gasteiger partial charge in [-0.3, -0.25) is 19.2 Å². The fraction of sp³-hybridized carbons (Fsp3) is 0.316. The number of hydrogen-bond acceptors (Lipinski definition) is 5. The molecule has 0 radical (unpaired) electrons. The van der Waals surface area contributed by atoms with E-state index in [0.717, 1.165) is 27.8 Å². The van der Waals surface area contributed by atoms with Crippen molar-refractivity contribution in [3.05, 3.63) is 69.8 Å². The molecule has 0 bridgehead atoms. The van der Waals surface area contributed by atoms with E-state index < -0.39 is 26.9 Å². The molecule has 2 aromatic carbocycles. The summed E-state index contributed by atoms with van der Waals surface area (Å²) >= 11 is 0. The number of anilines is 1. The van der Waals surface area contributed by atoms with Gasteiger partial charge < -0.3 is 5.32 Å². The van der Waals surface area contributed by atoms with Crippen LogP contribution in [0.2, 0.25) is 0 Å². The molecule has 0 aliphatic rings. The molecule has 150 valence electrons. The van der Waals surface area contributed by atoms with E-state index in [-0.39, 0.29) is 24.3 Å². The van der Waals surface area contributed by atoms with Crippen molar-refractivity contribution in [2.45, 2.75) is 32.9 Å². The highest BCUT2D eigenvalue weighted by molar-refractivity contribution is 7.92. The lowest BCUT2D eigenvalue weighted by Crippen LogP contribution is -2.49. The highest BCUT2D eigenvalue weighted by Gasteiger charge is 2.32. The number of carbonyl (C=O) groups excluding carboxylic acids is 1. The first kappa shape index (κ1) is 21.4. The second-order valence-electron chi connectivity index (χ2n) is 6.46. The number of aryl methyl sites for hydroxylation is 1. The highest BCUT2D eigenvalue weighted by Crippen LogP contribution is 2.26. The lowest BCUT2D eigenvalue weighted by atomic mass is 10.1. The van der Waals surface area contributed by atoms with Crippen LogP contribution in [0.1, 0.15) is 24.5 Å². The van der Waals surface area contributed by atoms with Gasteiger partial charge in [-0.15, -0.1) is 0 Å². The van der Waals surface area contributed by atoms with Gasteiger partial charge >= 0.3 is 0 Å². The third-order valence-electron chi connectivity index (χ3n) is 4.21. The van der Waals surface area contributed by atoms with E-state index in [2.05, 4.69) is 5.32 Å². The minimum atomic E-state index is -3.86. The fourth-order valence-electron chi connectivity index (χ4n) is 2.82. The standard InChI is InChI=1S/C19H23N3O5S/c1-4-18(19(23)20-13-15-10-8-14(2)9-11-15)21(28(3,26)27)16-6-5-7-17(12-16)22(24)25/h5-12,18H,4,13H2,1-3H3,(H,20,23)/t18-/m1/s1. The van der Waals surface area contributed by atoms with Crippen LogP contribution in [-0.2, 0) is 21.4 Å². The quantitative estimate of drug-likeness (QED) is 0.536. The van der Waals surface area contributed by atoms with Crippen molar-refractivity contribution < 1.29 is 18.1 Å². The Hall–Kier alpha value is -2.94. The second-order valence-corrected chi connectivity index (χ2v) is 8.32. The molecule has 2 rings (SSSR count). The van der Waals surface area contributed by atoms with Gasteiger partial charge in [-0.05, 0) is 25.0 Å². The Kier molecular flexibility index (Phi) is 6.74. The molecule has 1 amide bonds. The van der Waals surface area contributed by atoms with Crippen molar-refractivity contribution >= 4 is 27.3 Å². The zero-order chi connectivity index (χ0) is 20.9. The first-order chi connectivity index (χ1) is 13.1. The predicted molar refractivity (Wildman–Crippen MR) is 108 cm³/mol. The van der Waals surface area contributed by atoms with E-state index in [0.29, 0.717) is 0 Å². The molecule has 2 aromatic rings. The molecule has 9 heteroatoms. The number of nitro benzene ring substituents is 1. The molecule has 0 aromatic heterocycles. The van der Waals surface area contributed by atoms with Crippen LogP contribution < -0.4 is 9.62 Å². The summed E-state index contributed by atoms with van der Waals surface area (Å²) in [7, 11) is -3.86. The van der Waals surface area contributed by atoms with Gasteiger partial charge in [-0.25, -0.2) is 8.42 Å². The maximum absolute atomic E-state index is 12.7. The topological polar surface area (TPSA) is 110 Å². The van der Waals surface area contributed by atoms with Crippen molar-refractivity contribution in [3.8, 4) is 0 Å². The van der Waals surface area contributed by atoms with Crippen molar-refractivity contribution in [1.82, 2.24) is 5.32 Å². The van der Waals surface area contributed by atoms with Gasteiger partial charge in [0, 0.05) is 18.7 Å². The van der Waals surface area contributed by atoms with Crippen LogP contribution in [0.3, 0.4) is 0 Å². The normalized spacial score (nSPS) is 12.2. The summed E-state index contributed by atoms with van der Waals surface area (Å²) in [5, 5.41) is 13.8. The van der Waals surface area contributed by atoms with Crippen molar-refractivity contribution in [2.24, 2.45) is 0 Å². The third kappa shape index (κ3) is 5.29. The number of nitrogens with zero attached hydrogens (tertiary/aromatic N) is 2. The van der Waals surface area contributed by atoms with E-state index in [1.165, 1.54) is 18.2 Å². The second kappa shape index (κ2) is 8.83. The van der Waals surface area contributed by atoms with Crippen LogP contribution in [0.4, 0.5) is 11.4 Å². The van der Waals surface area contributed by atoms with Crippen molar-refractivity contribution in [2.75, 3.05) is 10.6 Å². The average Bonchev–Trinajstić information content (AvgIpc) is 2.64. The lowest BCUT2D eigenvalue weighted by molar-refractivity contribution is -0.384. The molecule has 0 aliphatic carbocycles. The van der Waals surface area contributed by atoms with Crippen LogP contribution in [-0.4, -0.2) is 31.5 Å². The molecule has 0 aliphatic heterocycles. The van der Waals surface area contributed by atoms with Crippen molar-refractivity contribution in [1.29, 1.82) is 0 Å². The van der Waals surface area contributed by atoms with Gasteiger partial charge in [-0.2, -0.15) is 0 Å². The van der Waals surface area contributed by atoms with Gasteiger partial charge in [0.05, 0.1) is 16.9 Å². The molecule has 0 unspecified atom stereocenters. The molecule has 0 fully saturated rings. The first-order valence-electron chi connectivity index (χ1n) is 8.70. The molecule has 1 atom stereocenters. The number of sulfonamides is 1. The number of nitrogens with one attached hydrogen (secondary N) is 1. The van der Waals surface area contributed by atoms with Gasteiger partial charge in [-0.1, -0.05) is 42.8 Å². The zero-order valence-electron chi connectivity index (χ0n) is 16.0. The zero-order valence-corrected chi connectivity index (χ0v) is 16.8. The van der Waals surface area contributed by atoms with Gasteiger partial charge in [0.25, 0.3) is 5.69 Å². The van der Waals surface area contributed by atoms with Gasteiger partial charge in [0.15, 0.2) is 0 Å². The summed E-state index contributed by atoms with van der Waals surface area (Å²) in [6.07, 6.45) is 1.18. The number of amides is 1. The Bertz CT molecular complexity index is 958. The maximum Gasteiger partial charge on any atom is 0.271 e. The fourth-order valence-corrected chi connectivity index (χ4v) is 4.02. The van der Waals surface area contributed by atoms with E-state index in [1.54, 1.807) is 6.92 Å². The lowest BCUT2D eigenvalue weighted by Gasteiger charge is -2.30. The van der Waals surface area contributed by atoms with Crippen LogP contribution in [0.25, 0.3) is 0 Å². The molecule has 0 heterocycles. The summed E-state index contributed by atoms with van der Waals surface area (Å²) < 4.78 is 25.7. The van der Waals surface area contributed by atoms with Crippen molar-refractivity contribution in [3.63, 3.8) is 0 Å². The van der Waals surface area contributed by atoms with Gasteiger partial charge in [0.1, 0.15) is 6.04 Å². The first-order valence-corrected chi connectivity index (χ1v) is 10.6. The van der Waals surface area contributed by atoms with Gasteiger partial charge in [0.2, 0.25) is 15.9 Å². The molecule has 28 heavy (non-hydrogen) atoms. The molecule has 8 nitrogen and oxygen atoms in total. The molecule has 1 N–H and O–H groups in total. The van der Waals surface area contributed by atoms with E-state index in [4.69, 9.17) is 0 Å². The Labute approximate surface area is 164 Å².